The minimum atomic E-state index is -0.684. The summed E-state index contributed by atoms with van der Waals surface area (Å²) in [6.07, 6.45) is 2.86. The van der Waals surface area contributed by atoms with Crippen molar-refractivity contribution in [3.8, 4) is 0 Å². The average molecular weight is 344 g/mol. The maximum Gasteiger partial charge on any atom is 0.216 e. The van der Waals surface area contributed by atoms with Crippen molar-refractivity contribution in [2.45, 2.75) is 50.7 Å². The summed E-state index contributed by atoms with van der Waals surface area (Å²) in [4.78, 5) is 21.2. The van der Waals surface area contributed by atoms with Gasteiger partial charge >= 0.3 is 0 Å². The Kier molecular flexibility index (Phi) is 8.61. The summed E-state index contributed by atoms with van der Waals surface area (Å²) in [5.41, 5.74) is -1.37. The lowest BCUT2D eigenvalue weighted by molar-refractivity contribution is -0.121. The normalized spacial score (nSPS) is 21.8. The Morgan fingerprint density at radius 3 is 1.33 bits per heavy atom. The largest absolute Gasteiger partial charge is 0.388 e. The summed E-state index contributed by atoms with van der Waals surface area (Å²) < 4.78 is 0. The van der Waals surface area contributed by atoms with Crippen LogP contribution in [0, 0.1) is 0 Å². The molecule has 24 heavy (non-hydrogen) atoms. The highest BCUT2D eigenvalue weighted by Crippen LogP contribution is 2.16. The first kappa shape index (κ1) is 20.8. The van der Waals surface area contributed by atoms with Gasteiger partial charge in [0.2, 0.25) is 11.8 Å². The minimum absolute atomic E-state index is 0.0815. The second-order valence-corrected chi connectivity index (χ2v) is 6.77. The van der Waals surface area contributed by atoms with Gasteiger partial charge < -0.3 is 31.5 Å². The van der Waals surface area contributed by atoms with Crippen LogP contribution < -0.4 is 21.3 Å². The molecular weight excluding hydrogens is 312 g/mol. The highest BCUT2D eigenvalue weighted by Gasteiger charge is 2.29. The van der Waals surface area contributed by atoms with Crippen LogP contribution in [-0.4, -0.2) is 72.5 Å². The first-order valence-corrected chi connectivity index (χ1v) is 8.60. The molecule has 8 heteroatoms. The second kappa shape index (κ2) is 9.93. The summed E-state index contributed by atoms with van der Waals surface area (Å²) in [7, 11) is 0. The number of piperidine rings is 2. The molecule has 0 bridgehead atoms. The lowest BCUT2D eigenvalue weighted by Crippen LogP contribution is -2.49. The molecule has 2 rings (SSSR count). The molecule has 0 saturated carbocycles. The minimum Gasteiger partial charge on any atom is -0.388 e. The van der Waals surface area contributed by atoms with Gasteiger partial charge in [-0.05, 0) is 51.9 Å². The van der Waals surface area contributed by atoms with E-state index in [1.165, 1.54) is 13.8 Å². The van der Waals surface area contributed by atoms with E-state index >= 15 is 0 Å². The van der Waals surface area contributed by atoms with Gasteiger partial charge in [0.1, 0.15) is 0 Å². The van der Waals surface area contributed by atoms with Crippen LogP contribution in [-0.2, 0) is 9.59 Å². The van der Waals surface area contributed by atoms with Gasteiger partial charge in [0.05, 0.1) is 11.2 Å². The molecule has 2 saturated heterocycles. The zero-order valence-electron chi connectivity index (χ0n) is 14.8. The van der Waals surface area contributed by atoms with E-state index in [9.17, 15) is 19.8 Å². The number of rotatable bonds is 4. The van der Waals surface area contributed by atoms with Crippen molar-refractivity contribution in [1.29, 1.82) is 0 Å². The highest BCUT2D eigenvalue weighted by molar-refractivity contribution is 5.73. The summed E-state index contributed by atoms with van der Waals surface area (Å²) >= 11 is 0. The highest BCUT2D eigenvalue weighted by atomic mass is 16.3. The summed E-state index contributed by atoms with van der Waals surface area (Å²) in [6, 6.07) is 0. The van der Waals surface area contributed by atoms with Crippen molar-refractivity contribution in [2.24, 2.45) is 0 Å². The second-order valence-electron chi connectivity index (χ2n) is 6.77. The van der Waals surface area contributed by atoms with Crippen molar-refractivity contribution in [2.75, 3.05) is 39.3 Å². The van der Waals surface area contributed by atoms with E-state index in [0.717, 1.165) is 26.2 Å². The van der Waals surface area contributed by atoms with Crippen LogP contribution in [0.15, 0.2) is 0 Å². The monoisotopic (exact) mass is 344 g/mol. The van der Waals surface area contributed by atoms with Crippen LogP contribution in [0.3, 0.4) is 0 Å². The molecule has 8 nitrogen and oxygen atoms in total. The van der Waals surface area contributed by atoms with E-state index in [0.29, 0.717) is 38.8 Å². The molecular formula is C16H32N4O4. The van der Waals surface area contributed by atoms with E-state index in [4.69, 9.17) is 0 Å². The predicted molar refractivity (Wildman–Crippen MR) is 91.5 cm³/mol. The topological polar surface area (TPSA) is 123 Å². The number of nitrogens with one attached hydrogen (secondary N) is 4. The lowest BCUT2D eigenvalue weighted by atomic mass is 9.92. The van der Waals surface area contributed by atoms with E-state index < -0.39 is 11.2 Å². The van der Waals surface area contributed by atoms with Gasteiger partial charge in [-0.1, -0.05) is 0 Å². The molecule has 0 radical (unpaired) electrons. The Labute approximate surface area is 143 Å². The van der Waals surface area contributed by atoms with Crippen LogP contribution >= 0.6 is 0 Å². The molecule has 2 aliphatic heterocycles. The number of aliphatic hydroxyl groups is 2. The molecule has 0 unspecified atom stereocenters. The third kappa shape index (κ3) is 8.58. The maximum atomic E-state index is 10.6. The fourth-order valence-corrected chi connectivity index (χ4v) is 2.72. The number of carbonyl (C=O) groups is 2. The van der Waals surface area contributed by atoms with Crippen molar-refractivity contribution < 1.29 is 19.8 Å². The first-order valence-electron chi connectivity index (χ1n) is 8.60. The van der Waals surface area contributed by atoms with E-state index in [2.05, 4.69) is 21.3 Å². The standard InChI is InChI=1S/2C8H16N2O2/c2*1-7(11)10-6-8(12)2-4-9-5-3-8/h2*9,12H,2-6H2,1H3,(H,10,11). The number of amides is 2. The van der Waals surface area contributed by atoms with Gasteiger partial charge in [0.15, 0.2) is 0 Å². The van der Waals surface area contributed by atoms with Crippen LogP contribution in [0.2, 0.25) is 0 Å². The Bertz CT molecular complexity index is 367. The third-order valence-corrected chi connectivity index (χ3v) is 4.40. The first-order chi connectivity index (χ1) is 11.2. The maximum absolute atomic E-state index is 10.6. The molecule has 0 spiro atoms. The van der Waals surface area contributed by atoms with Crippen LogP contribution in [0.5, 0.6) is 0 Å². The number of hydrogen-bond acceptors (Lipinski definition) is 6. The molecule has 0 aromatic heterocycles. The van der Waals surface area contributed by atoms with Gasteiger partial charge in [0.25, 0.3) is 0 Å². The molecule has 2 fully saturated rings. The van der Waals surface area contributed by atoms with Crippen LogP contribution in [0.4, 0.5) is 0 Å². The van der Waals surface area contributed by atoms with Gasteiger partial charge in [0, 0.05) is 26.9 Å². The van der Waals surface area contributed by atoms with Gasteiger partial charge in [-0.15, -0.1) is 0 Å². The molecule has 2 aliphatic rings. The molecule has 0 aromatic rings. The molecule has 0 atom stereocenters. The Morgan fingerprint density at radius 1 is 0.792 bits per heavy atom. The molecule has 140 valence electrons. The fraction of sp³-hybridized carbons (Fsp3) is 0.875. The Morgan fingerprint density at radius 2 is 1.08 bits per heavy atom. The van der Waals surface area contributed by atoms with Gasteiger partial charge in [-0.2, -0.15) is 0 Å². The lowest BCUT2D eigenvalue weighted by Gasteiger charge is -2.32. The third-order valence-electron chi connectivity index (χ3n) is 4.40. The van der Waals surface area contributed by atoms with Gasteiger partial charge in [-0.25, -0.2) is 0 Å². The zero-order valence-corrected chi connectivity index (χ0v) is 14.8. The number of carbonyl (C=O) groups excluding carboxylic acids is 2. The van der Waals surface area contributed by atoms with Crippen LogP contribution in [0.25, 0.3) is 0 Å². The molecule has 0 aromatic carbocycles. The van der Waals surface area contributed by atoms with E-state index in [1.807, 2.05) is 0 Å². The van der Waals surface area contributed by atoms with E-state index in [1.54, 1.807) is 0 Å². The SMILES string of the molecule is CC(=O)NCC1(O)CCNCC1.CC(=O)NCC1(O)CCNCC1. The molecule has 2 amide bonds. The van der Waals surface area contributed by atoms with Crippen molar-refractivity contribution in [3.05, 3.63) is 0 Å². The number of hydrogen-bond donors (Lipinski definition) is 6. The zero-order chi connectivity index (χ0) is 18.1. The predicted octanol–water partition coefficient (Wildman–Crippen LogP) is -1.53. The Balaban J connectivity index is 0.000000240. The van der Waals surface area contributed by atoms with Crippen molar-refractivity contribution in [1.82, 2.24) is 21.3 Å². The van der Waals surface area contributed by atoms with Gasteiger partial charge in [-0.3, -0.25) is 9.59 Å². The Hall–Kier alpha value is -1.22. The molecule has 0 aliphatic carbocycles. The van der Waals surface area contributed by atoms with E-state index in [-0.39, 0.29) is 11.8 Å². The quantitative estimate of drug-likeness (QED) is 0.368. The summed E-state index contributed by atoms with van der Waals surface area (Å²) in [5.74, 6) is -0.163. The fourth-order valence-electron chi connectivity index (χ4n) is 2.72. The summed E-state index contributed by atoms with van der Waals surface area (Å²) in [6.45, 7) is 7.00. The molecule has 2 heterocycles. The summed E-state index contributed by atoms with van der Waals surface area (Å²) in [5, 5.41) is 31.3. The van der Waals surface area contributed by atoms with Crippen molar-refractivity contribution in [3.63, 3.8) is 0 Å². The van der Waals surface area contributed by atoms with Crippen LogP contribution in [0.1, 0.15) is 39.5 Å². The smallest absolute Gasteiger partial charge is 0.216 e. The molecule has 6 N–H and O–H groups in total. The van der Waals surface area contributed by atoms with Crippen molar-refractivity contribution >= 4 is 11.8 Å². The average Bonchev–Trinajstić information content (AvgIpc) is 2.53.